The van der Waals surface area contributed by atoms with Gasteiger partial charge in [-0.3, -0.25) is 9.69 Å². The van der Waals surface area contributed by atoms with Gasteiger partial charge in [0, 0.05) is 43.1 Å². The average Bonchev–Trinajstić information content (AvgIpc) is 2.74. The Labute approximate surface area is 120 Å². The normalized spacial score (nSPS) is 23.8. The third-order valence-corrected chi connectivity index (χ3v) is 4.73. The molecule has 2 aliphatic heterocycles. The van der Waals surface area contributed by atoms with E-state index < -0.39 is 0 Å². The quantitative estimate of drug-likeness (QED) is 0.833. The zero-order valence-corrected chi connectivity index (χ0v) is 12.2. The molecule has 5 heteroatoms. The van der Waals surface area contributed by atoms with Crippen molar-refractivity contribution in [1.82, 2.24) is 9.80 Å². The lowest BCUT2D eigenvalue weighted by Gasteiger charge is -2.37. The molecule has 3 nitrogen and oxygen atoms in total. The van der Waals surface area contributed by atoms with Gasteiger partial charge in [-0.05, 0) is 24.1 Å². The van der Waals surface area contributed by atoms with E-state index in [0.717, 1.165) is 42.6 Å². The van der Waals surface area contributed by atoms with E-state index in [1.54, 1.807) is 0 Å². The van der Waals surface area contributed by atoms with E-state index in [2.05, 4.69) is 20.8 Å². The SMILES string of the molecule is O=C1CCC2CN(Cc3ccc(F)cc3Br)CCN12. The summed E-state index contributed by atoms with van der Waals surface area (Å²) >= 11 is 3.41. The second-order valence-electron chi connectivity index (χ2n) is 5.25. The summed E-state index contributed by atoms with van der Waals surface area (Å²) in [6.45, 7) is 3.45. The van der Waals surface area contributed by atoms with Crippen LogP contribution in [0.4, 0.5) is 4.39 Å². The van der Waals surface area contributed by atoms with Crippen LogP contribution in [0.5, 0.6) is 0 Å². The second kappa shape index (κ2) is 5.21. The van der Waals surface area contributed by atoms with E-state index in [1.165, 1.54) is 12.1 Å². The maximum Gasteiger partial charge on any atom is 0.222 e. The van der Waals surface area contributed by atoms with E-state index in [1.807, 2.05) is 11.0 Å². The number of halogens is 2. The summed E-state index contributed by atoms with van der Waals surface area (Å²) in [6, 6.07) is 5.20. The predicted molar refractivity (Wildman–Crippen MR) is 74.1 cm³/mol. The summed E-state index contributed by atoms with van der Waals surface area (Å²) in [4.78, 5) is 16.0. The Balaban J connectivity index is 1.66. The summed E-state index contributed by atoms with van der Waals surface area (Å²) in [5.74, 6) is 0.0782. The Hall–Kier alpha value is -0.940. The van der Waals surface area contributed by atoms with Crippen LogP contribution < -0.4 is 0 Å². The molecule has 1 aromatic carbocycles. The zero-order chi connectivity index (χ0) is 13.4. The fourth-order valence-corrected chi connectivity index (χ4v) is 3.44. The number of carbonyl (C=O) groups is 1. The van der Waals surface area contributed by atoms with Crippen LogP contribution in [0.25, 0.3) is 0 Å². The first-order chi connectivity index (χ1) is 9.13. The lowest BCUT2D eigenvalue weighted by molar-refractivity contribution is -0.130. The molecule has 19 heavy (non-hydrogen) atoms. The van der Waals surface area contributed by atoms with Crippen LogP contribution in [0.1, 0.15) is 18.4 Å². The summed E-state index contributed by atoms with van der Waals surface area (Å²) < 4.78 is 13.9. The molecule has 1 atom stereocenters. The second-order valence-corrected chi connectivity index (χ2v) is 6.10. The molecule has 2 saturated heterocycles. The highest BCUT2D eigenvalue weighted by molar-refractivity contribution is 9.10. The Bertz CT molecular complexity index is 508. The molecule has 0 spiro atoms. The number of amides is 1. The van der Waals surface area contributed by atoms with Gasteiger partial charge in [0.25, 0.3) is 0 Å². The molecule has 102 valence electrons. The lowest BCUT2D eigenvalue weighted by Crippen LogP contribution is -2.50. The minimum atomic E-state index is -0.221. The van der Waals surface area contributed by atoms with Crippen LogP contribution >= 0.6 is 15.9 Å². The molecule has 2 fully saturated rings. The molecule has 1 unspecified atom stereocenters. The number of benzene rings is 1. The number of carbonyl (C=O) groups excluding carboxylic acids is 1. The molecule has 3 rings (SSSR count). The maximum absolute atomic E-state index is 13.1. The summed E-state index contributed by atoms with van der Waals surface area (Å²) in [5, 5.41) is 0. The van der Waals surface area contributed by atoms with Crippen LogP contribution in [0, 0.1) is 5.82 Å². The van der Waals surface area contributed by atoms with Crippen molar-refractivity contribution in [2.24, 2.45) is 0 Å². The summed E-state index contributed by atoms with van der Waals surface area (Å²) in [7, 11) is 0. The third-order valence-electron chi connectivity index (χ3n) is 3.99. The minimum Gasteiger partial charge on any atom is -0.337 e. The van der Waals surface area contributed by atoms with Gasteiger partial charge in [-0.1, -0.05) is 22.0 Å². The standard InChI is InChI=1S/C14H16BrFN2O/c15-13-7-11(16)2-1-10(13)8-17-5-6-18-12(9-17)3-4-14(18)19/h1-2,7,12H,3-6,8-9H2. The lowest BCUT2D eigenvalue weighted by atomic mass is 10.1. The van der Waals surface area contributed by atoms with Gasteiger partial charge in [0.05, 0.1) is 0 Å². The van der Waals surface area contributed by atoms with E-state index in [4.69, 9.17) is 0 Å². The van der Waals surface area contributed by atoms with Crippen LogP contribution in [0.2, 0.25) is 0 Å². The van der Waals surface area contributed by atoms with Gasteiger partial charge in [0.1, 0.15) is 5.82 Å². The van der Waals surface area contributed by atoms with Gasteiger partial charge in [0.15, 0.2) is 0 Å². The van der Waals surface area contributed by atoms with E-state index >= 15 is 0 Å². The van der Waals surface area contributed by atoms with Gasteiger partial charge < -0.3 is 4.90 Å². The van der Waals surface area contributed by atoms with Gasteiger partial charge in [-0.25, -0.2) is 4.39 Å². The van der Waals surface area contributed by atoms with Gasteiger partial charge in [-0.2, -0.15) is 0 Å². The van der Waals surface area contributed by atoms with Gasteiger partial charge in [-0.15, -0.1) is 0 Å². The van der Waals surface area contributed by atoms with Crippen molar-refractivity contribution in [2.75, 3.05) is 19.6 Å². The number of nitrogens with zero attached hydrogens (tertiary/aromatic N) is 2. The number of hydrogen-bond donors (Lipinski definition) is 0. The predicted octanol–water partition coefficient (Wildman–Crippen LogP) is 2.39. The molecule has 2 aliphatic rings. The van der Waals surface area contributed by atoms with E-state index in [0.29, 0.717) is 18.4 Å². The van der Waals surface area contributed by atoms with Crippen molar-refractivity contribution >= 4 is 21.8 Å². The molecule has 1 aromatic rings. The maximum atomic E-state index is 13.1. The third kappa shape index (κ3) is 2.67. The molecule has 2 heterocycles. The molecule has 0 aromatic heterocycles. The first kappa shape index (κ1) is 13.1. The van der Waals surface area contributed by atoms with E-state index in [-0.39, 0.29) is 5.82 Å². The molecule has 1 amide bonds. The molecule has 0 N–H and O–H groups in total. The Morgan fingerprint density at radius 3 is 3.00 bits per heavy atom. The Morgan fingerprint density at radius 2 is 2.21 bits per heavy atom. The Morgan fingerprint density at radius 1 is 1.37 bits per heavy atom. The highest BCUT2D eigenvalue weighted by atomic mass is 79.9. The first-order valence-electron chi connectivity index (χ1n) is 6.59. The largest absolute Gasteiger partial charge is 0.337 e. The first-order valence-corrected chi connectivity index (χ1v) is 7.38. The van der Waals surface area contributed by atoms with Crippen molar-refractivity contribution in [1.29, 1.82) is 0 Å². The highest BCUT2D eigenvalue weighted by Crippen LogP contribution is 2.25. The molecule has 0 aliphatic carbocycles. The van der Waals surface area contributed by atoms with Crippen LogP contribution in [-0.2, 0) is 11.3 Å². The van der Waals surface area contributed by atoms with E-state index in [9.17, 15) is 9.18 Å². The van der Waals surface area contributed by atoms with Crippen molar-refractivity contribution in [3.63, 3.8) is 0 Å². The highest BCUT2D eigenvalue weighted by Gasteiger charge is 2.35. The van der Waals surface area contributed by atoms with Crippen molar-refractivity contribution in [2.45, 2.75) is 25.4 Å². The average molecular weight is 327 g/mol. The molecular formula is C14H16BrFN2O. The fraction of sp³-hybridized carbons (Fsp3) is 0.500. The van der Waals surface area contributed by atoms with Gasteiger partial charge in [0.2, 0.25) is 5.91 Å². The minimum absolute atomic E-state index is 0.221. The molecule has 0 radical (unpaired) electrons. The zero-order valence-electron chi connectivity index (χ0n) is 10.6. The van der Waals surface area contributed by atoms with Crippen molar-refractivity contribution in [3.8, 4) is 0 Å². The van der Waals surface area contributed by atoms with Gasteiger partial charge >= 0.3 is 0 Å². The fourth-order valence-electron chi connectivity index (χ4n) is 2.96. The number of piperazine rings is 1. The topological polar surface area (TPSA) is 23.6 Å². The molecule has 0 saturated carbocycles. The molecular weight excluding hydrogens is 311 g/mol. The van der Waals surface area contributed by atoms with Crippen molar-refractivity contribution in [3.05, 3.63) is 34.1 Å². The smallest absolute Gasteiger partial charge is 0.222 e. The van der Waals surface area contributed by atoms with Crippen molar-refractivity contribution < 1.29 is 9.18 Å². The van der Waals surface area contributed by atoms with Crippen LogP contribution in [0.15, 0.2) is 22.7 Å². The molecule has 0 bridgehead atoms. The summed E-state index contributed by atoms with van der Waals surface area (Å²) in [5.41, 5.74) is 1.10. The van der Waals surface area contributed by atoms with Crippen LogP contribution in [0.3, 0.4) is 0 Å². The number of rotatable bonds is 2. The number of fused-ring (bicyclic) bond motifs is 1. The number of hydrogen-bond acceptors (Lipinski definition) is 2. The Kier molecular flexibility index (Phi) is 3.58. The summed E-state index contributed by atoms with van der Waals surface area (Å²) in [6.07, 6.45) is 1.67. The monoisotopic (exact) mass is 326 g/mol. The van der Waals surface area contributed by atoms with Crippen LogP contribution in [-0.4, -0.2) is 41.4 Å².